The van der Waals surface area contributed by atoms with Crippen molar-refractivity contribution in [3.63, 3.8) is 0 Å². The van der Waals surface area contributed by atoms with Crippen molar-refractivity contribution in [3.05, 3.63) is 130 Å². The average Bonchev–Trinajstić information content (AvgIpc) is 3.50. The van der Waals surface area contributed by atoms with Crippen LogP contribution >= 0.6 is 11.6 Å². The summed E-state index contributed by atoms with van der Waals surface area (Å²) >= 11 is 6.22. The largest absolute Gasteiger partial charge is 0.438 e. The van der Waals surface area contributed by atoms with Gasteiger partial charge < -0.3 is 8.98 Å². The number of halogens is 3. The lowest BCUT2D eigenvalue weighted by atomic mass is 10.0. The molecule has 0 bridgehead atoms. The SMILES string of the molecule is C.CC.N=CN(N=N)c1ccc(Cl)cc1-c1ccn(C(Cc2ccc(F)cc2)c2ncc(-c3ccc(F)cc3)o2)c(=O)c1. The van der Waals surface area contributed by atoms with Crippen molar-refractivity contribution in [1.29, 1.82) is 10.9 Å². The van der Waals surface area contributed by atoms with Crippen LogP contribution in [0.15, 0.2) is 106 Å². The molecule has 8 nitrogen and oxygen atoms in total. The number of aromatic nitrogens is 2. The normalized spacial score (nSPS) is 11.0. The van der Waals surface area contributed by atoms with Crippen LogP contribution in [0.25, 0.3) is 22.5 Å². The standard InChI is InChI=1S/C29H21ClF2N6O2.C2H6.CH4/c30-21-5-10-25(38(17-33)36-34)24(15-21)20-11-12-37(28(39)14-20)26(13-18-1-6-22(31)7-2-18)29-35-16-27(40-29)19-3-8-23(32)9-4-19;1-2;/h1-12,14-17,26,33-34H,13H2;1-2H3;1H4. The lowest BCUT2D eigenvalue weighted by molar-refractivity contribution is 0.410. The second-order valence-electron chi connectivity index (χ2n) is 8.81. The maximum atomic E-state index is 13.6. The first-order valence-corrected chi connectivity index (χ1v) is 13.4. The van der Waals surface area contributed by atoms with Gasteiger partial charge in [0.05, 0.1) is 11.9 Å². The molecular formula is C32H31ClF2N6O2. The first-order chi connectivity index (χ1) is 20.4. The van der Waals surface area contributed by atoms with Gasteiger partial charge in [-0.2, -0.15) is 5.53 Å². The molecule has 2 heterocycles. The quantitative estimate of drug-likeness (QED) is 0.0756. The second-order valence-corrected chi connectivity index (χ2v) is 9.25. The van der Waals surface area contributed by atoms with E-state index in [4.69, 9.17) is 27.0 Å². The number of oxazole rings is 1. The molecule has 0 aliphatic carbocycles. The Balaban J connectivity index is 0.00000165. The van der Waals surface area contributed by atoms with Gasteiger partial charge in [0.2, 0.25) is 5.89 Å². The van der Waals surface area contributed by atoms with Crippen molar-refractivity contribution in [3.8, 4) is 22.5 Å². The van der Waals surface area contributed by atoms with Gasteiger partial charge in [-0.15, -0.1) is 0 Å². The lowest BCUT2D eigenvalue weighted by Gasteiger charge is -2.19. The van der Waals surface area contributed by atoms with Crippen molar-refractivity contribution in [1.82, 2.24) is 9.55 Å². The van der Waals surface area contributed by atoms with Crippen LogP contribution in [0.1, 0.15) is 38.8 Å². The first-order valence-electron chi connectivity index (χ1n) is 13.0. The van der Waals surface area contributed by atoms with Crippen LogP contribution in [-0.2, 0) is 6.42 Å². The Bertz CT molecular complexity index is 1730. The van der Waals surface area contributed by atoms with E-state index >= 15 is 0 Å². The van der Waals surface area contributed by atoms with Gasteiger partial charge in [-0.3, -0.25) is 10.2 Å². The van der Waals surface area contributed by atoms with Gasteiger partial charge >= 0.3 is 0 Å². The highest BCUT2D eigenvalue weighted by Crippen LogP contribution is 2.33. The van der Waals surface area contributed by atoms with E-state index in [-0.39, 0.29) is 36.9 Å². The molecule has 2 aromatic heterocycles. The van der Waals surface area contributed by atoms with Crippen molar-refractivity contribution >= 4 is 23.6 Å². The Labute approximate surface area is 253 Å². The van der Waals surface area contributed by atoms with E-state index < -0.39 is 6.04 Å². The minimum absolute atomic E-state index is 0. The molecule has 2 N–H and O–H groups in total. The summed E-state index contributed by atoms with van der Waals surface area (Å²) in [7, 11) is 0. The van der Waals surface area contributed by atoms with Gasteiger partial charge in [-0.1, -0.05) is 50.2 Å². The number of pyridine rings is 1. The smallest absolute Gasteiger partial charge is 0.251 e. The van der Waals surface area contributed by atoms with Gasteiger partial charge in [0.1, 0.15) is 24.0 Å². The molecule has 3 aromatic carbocycles. The zero-order valence-electron chi connectivity index (χ0n) is 22.8. The van der Waals surface area contributed by atoms with Crippen LogP contribution in [0.4, 0.5) is 14.5 Å². The van der Waals surface area contributed by atoms with Gasteiger partial charge in [0.15, 0.2) is 5.76 Å². The molecule has 0 spiro atoms. The van der Waals surface area contributed by atoms with Crippen molar-refractivity contribution in [2.45, 2.75) is 33.7 Å². The molecule has 0 aliphatic heterocycles. The Hall–Kier alpha value is -4.96. The third kappa shape index (κ3) is 7.47. The Kier molecular flexibility index (Phi) is 11.2. The lowest BCUT2D eigenvalue weighted by Crippen LogP contribution is -2.26. The molecule has 0 radical (unpaired) electrons. The van der Waals surface area contributed by atoms with Crippen LogP contribution in [0.5, 0.6) is 0 Å². The van der Waals surface area contributed by atoms with Crippen LogP contribution in [0.3, 0.4) is 0 Å². The molecule has 1 unspecified atom stereocenters. The molecule has 0 fully saturated rings. The summed E-state index contributed by atoms with van der Waals surface area (Å²) in [5, 5.41) is 12.3. The average molecular weight is 605 g/mol. The highest BCUT2D eigenvalue weighted by molar-refractivity contribution is 6.31. The summed E-state index contributed by atoms with van der Waals surface area (Å²) in [6, 6.07) is 18.9. The number of anilines is 1. The van der Waals surface area contributed by atoms with Crippen LogP contribution in [0.2, 0.25) is 5.02 Å². The first kappa shape index (κ1) is 32.6. The van der Waals surface area contributed by atoms with E-state index in [1.807, 2.05) is 13.8 Å². The molecule has 0 aliphatic rings. The number of nitrogens with zero attached hydrogens (tertiary/aromatic N) is 4. The molecule has 0 amide bonds. The van der Waals surface area contributed by atoms with Gasteiger partial charge in [0.25, 0.3) is 5.56 Å². The predicted molar refractivity (Wildman–Crippen MR) is 166 cm³/mol. The zero-order valence-corrected chi connectivity index (χ0v) is 23.5. The summed E-state index contributed by atoms with van der Waals surface area (Å²) in [6.45, 7) is 4.00. The van der Waals surface area contributed by atoms with E-state index in [2.05, 4.69) is 10.2 Å². The minimum atomic E-state index is -0.693. The van der Waals surface area contributed by atoms with E-state index in [1.165, 1.54) is 41.1 Å². The van der Waals surface area contributed by atoms with Crippen LogP contribution in [-0.4, -0.2) is 15.9 Å². The fourth-order valence-electron chi connectivity index (χ4n) is 4.34. The molecule has 5 aromatic rings. The number of nitrogens with one attached hydrogen (secondary N) is 2. The Morgan fingerprint density at radius 3 is 2.26 bits per heavy atom. The minimum Gasteiger partial charge on any atom is -0.438 e. The fraction of sp³-hybridized carbons (Fsp3) is 0.156. The second kappa shape index (κ2) is 14.8. The maximum absolute atomic E-state index is 13.6. The molecule has 0 saturated carbocycles. The summed E-state index contributed by atoms with van der Waals surface area (Å²) < 4.78 is 34.5. The molecule has 1 atom stereocenters. The fourth-order valence-corrected chi connectivity index (χ4v) is 4.52. The van der Waals surface area contributed by atoms with Crippen molar-refractivity contribution in [2.24, 2.45) is 5.22 Å². The number of hydrogen-bond acceptors (Lipinski definition) is 6. The molecule has 222 valence electrons. The third-order valence-electron chi connectivity index (χ3n) is 6.31. The van der Waals surface area contributed by atoms with Crippen molar-refractivity contribution in [2.75, 3.05) is 5.01 Å². The predicted octanol–water partition coefficient (Wildman–Crippen LogP) is 8.96. The topological polar surface area (TPSA) is 111 Å². The summed E-state index contributed by atoms with van der Waals surface area (Å²) in [5.74, 6) is -0.122. The van der Waals surface area contributed by atoms with E-state index in [0.717, 1.165) is 16.9 Å². The highest BCUT2D eigenvalue weighted by atomic mass is 35.5. The van der Waals surface area contributed by atoms with Gasteiger partial charge in [-0.05, 0) is 71.8 Å². The van der Waals surface area contributed by atoms with Crippen LogP contribution in [0, 0.1) is 22.6 Å². The summed E-state index contributed by atoms with van der Waals surface area (Å²) in [4.78, 5) is 18.0. The van der Waals surface area contributed by atoms with E-state index in [9.17, 15) is 13.6 Å². The summed E-state index contributed by atoms with van der Waals surface area (Å²) in [5.41, 5.74) is 9.74. The molecular weight excluding hydrogens is 574 g/mol. The molecule has 0 saturated heterocycles. The van der Waals surface area contributed by atoms with E-state index in [1.54, 1.807) is 54.7 Å². The van der Waals surface area contributed by atoms with Crippen LogP contribution < -0.4 is 10.6 Å². The van der Waals surface area contributed by atoms with E-state index in [0.29, 0.717) is 33.2 Å². The van der Waals surface area contributed by atoms with Crippen molar-refractivity contribution < 1.29 is 13.2 Å². The third-order valence-corrected chi connectivity index (χ3v) is 6.55. The number of benzene rings is 3. The van der Waals surface area contributed by atoms with Gasteiger partial charge in [0, 0.05) is 34.8 Å². The summed E-state index contributed by atoms with van der Waals surface area (Å²) in [6.07, 6.45) is 4.24. The molecule has 5 rings (SSSR count). The zero-order chi connectivity index (χ0) is 30.2. The molecule has 11 heteroatoms. The number of rotatable bonds is 9. The van der Waals surface area contributed by atoms with Gasteiger partial charge in [-0.25, -0.2) is 18.8 Å². The highest BCUT2D eigenvalue weighted by Gasteiger charge is 2.23. The number of hydrogen-bond donors (Lipinski definition) is 2. The maximum Gasteiger partial charge on any atom is 0.251 e. The Morgan fingerprint density at radius 1 is 1.00 bits per heavy atom. The Morgan fingerprint density at radius 2 is 1.65 bits per heavy atom. The molecule has 43 heavy (non-hydrogen) atoms. The monoisotopic (exact) mass is 604 g/mol.